The van der Waals surface area contributed by atoms with Gasteiger partial charge in [-0.2, -0.15) is 0 Å². The molecule has 6 heteroatoms. The first-order chi connectivity index (χ1) is 9.99. The van der Waals surface area contributed by atoms with Gasteiger partial charge in [0.25, 0.3) is 0 Å². The van der Waals surface area contributed by atoms with Crippen LogP contribution in [0.2, 0.25) is 5.02 Å². The van der Waals surface area contributed by atoms with Crippen LogP contribution in [0.5, 0.6) is 0 Å². The number of fused-ring (bicyclic) bond motifs is 1. The average molecular weight is 311 g/mol. The molecule has 1 aromatic rings. The summed E-state index contributed by atoms with van der Waals surface area (Å²) in [6, 6.07) is 3.55. The summed E-state index contributed by atoms with van der Waals surface area (Å²) in [6.07, 6.45) is 1.59. The van der Waals surface area contributed by atoms with Crippen molar-refractivity contribution in [2.24, 2.45) is 0 Å². The molecule has 0 spiro atoms. The molecule has 2 aliphatic heterocycles. The molecule has 0 saturated carbocycles. The third kappa shape index (κ3) is 2.39. The van der Waals surface area contributed by atoms with Gasteiger partial charge in [0.05, 0.1) is 5.02 Å². The highest BCUT2D eigenvalue weighted by atomic mass is 35.5. The Kier molecular flexibility index (Phi) is 3.61. The number of piperazine rings is 1. The number of benzene rings is 1. The van der Waals surface area contributed by atoms with Crippen molar-refractivity contribution in [2.45, 2.75) is 38.4 Å². The first-order valence-corrected chi connectivity index (χ1v) is 7.41. The van der Waals surface area contributed by atoms with Gasteiger partial charge >= 0.3 is 0 Å². The van der Waals surface area contributed by atoms with E-state index in [2.05, 4.69) is 0 Å². The van der Waals surface area contributed by atoms with Gasteiger partial charge in [-0.1, -0.05) is 17.7 Å². The van der Waals surface area contributed by atoms with Crippen LogP contribution in [0.15, 0.2) is 18.2 Å². The SMILES string of the molecule is C[C@H]1C(=O)N2CCC[C@@H]2C(=O)N1Cc1ccc(F)c(Cl)c1. The van der Waals surface area contributed by atoms with Gasteiger partial charge in [-0.15, -0.1) is 0 Å². The zero-order valence-corrected chi connectivity index (χ0v) is 12.4. The molecule has 3 rings (SSSR count). The smallest absolute Gasteiger partial charge is 0.246 e. The predicted octanol–water partition coefficient (Wildman–Crippen LogP) is 2.20. The Labute approximate surface area is 127 Å². The van der Waals surface area contributed by atoms with Gasteiger partial charge in [-0.05, 0) is 37.5 Å². The van der Waals surface area contributed by atoms with Crippen molar-refractivity contribution in [3.05, 3.63) is 34.6 Å². The van der Waals surface area contributed by atoms with Crippen LogP contribution in [0.4, 0.5) is 4.39 Å². The van der Waals surface area contributed by atoms with Crippen LogP contribution in [-0.2, 0) is 16.1 Å². The van der Waals surface area contributed by atoms with Crippen LogP contribution in [0, 0.1) is 5.82 Å². The lowest BCUT2D eigenvalue weighted by Crippen LogP contribution is -2.61. The number of amides is 2. The third-order valence-corrected chi connectivity index (χ3v) is 4.56. The molecule has 21 heavy (non-hydrogen) atoms. The van der Waals surface area contributed by atoms with Crippen LogP contribution < -0.4 is 0 Å². The van der Waals surface area contributed by atoms with Gasteiger partial charge in [-0.25, -0.2) is 4.39 Å². The van der Waals surface area contributed by atoms with E-state index in [9.17, 15) is 14.0 Å². The van der Waals surface area contributed by atoms with Crippen molar-refractivity contribution >= 4 is 23.4 Å². The summed E-state index contributed by atoms with van der Waals surface area (Å²) in [7, 11) is 0. The molecule has 0 bridgehead atoms. The minimum absolute atomic E-state index is 0.00897. The molecule has 0 aliphatic carbocycles. The predicted molar refractivity (Wildman–Crippen MR) is 76.2 cm³/mol. The standard InChI is InChI=1S/C15H16ClFN2O2/c1-9-14(20)18-6-2-3-13(18)15(21)19(9)8-10-4-5-12(17)11(16)7-10/h4-5,7,9,13H,2-3,6,8H2,1H3/t9-,13+/m0/s1. The summed E-state index contributed by atoms with van der Waals surface area (Å²) in [5.41, 5.74) is 0.723. The molecule has 0 unspecified atom stereocenters. The molecule has 0 radical (unpaired) electrons. The third-order valence-electron chi connectivity index (χ3n) is 4.27. The number of carbonyl (C=O) groups is 2. The molecule has 2 amide bonds. The number of halogens is 2. The summed E-state index contributed by atoms with van der Waals surface area (Å²) in [5, 5.41) is 0.0263. The number of nitrogens with zero attached hydrogens (tertiary/aromatic N) is 2. The zero-order chi connectivity index (χ0) is 15.1. The van der Waals surface area contributed by atoms with E-state index in [4.69, 9.17) is 11.6 Å². The minimum Gasteiger partial charge on any atom is -0.329 e. The molecule has 0 N–H and O–H groups in total. The fraction of sp³-hybridized carbons (Fsp3) is 0.467. The van der Waals surface area contributed by atoms with Crippen molar-refractivity contribution < 1.29 is 14.0 Å². The molecule has 2 aliphatic rings. The lowest BCUT2D eigenvalue weighted by molar-refractivity contribution is -0.159. The van der Waals surface area contributed by atoms with E-state index < -0.39 is 11.9 Å². The maximum atomic E-state index is 13.2. The Balaban J connectivity index is 1.85. The first-order valence-electron chi connectivity index (χ1n) is 7.04. The number of rotatable bonds is 2. The highest BCUT2D eigenvalue weighted by Crippen LogP contribution is 2.28. The maximum absolute atomic E-state index is 13.2. The molecule has 2 saturated heterocycles. The molecule has 112 valence electrons. The maximum Gasteiger partial charge on any atom is 0.246 e. The highest BCUT2D eigenvalue weighted by Gasteiger charge is 2.45. The van der Waals surface area contributed by atoms with E-state index in [0.717, 1.165) is 18.4 Å². The van der Waals surface area contributed by atoms with E-state index in [1.54, 1.807) is 22.8 Å². The number of carbonyl (C=O) groups excluding carboxylic acids is 2. The second kappa shape index (κ2) is 5.30. The van der Waals surface area contributed by atoms with Crippen molar-refractivity contribution in [1.82, 2.24) is 9.80 Å². The zero-order valence-electron chi connectivity index (χ0n) is 11.7. The van der Waals surface area contributed by atoms with E-state index >= 15 is 0 Å². The average Bonchev–Trinajstić information content (AvgIpc) is 2.95. The largest absolute Gasteiger partial charge is 0.329 e. The van der Waals surface area contributed by atoms with Crippen molar-refractivity contribution in [3.8, 4) is 0 Å². The van der Waals surface area contributed by atoms with Crippen molar-refractivity contribution in [3.63, 3.8) is 0 Å². The topological polar surface area (TPSA) is 40.6 Å². The highest BCUT2D eigenvalue weighted by molar-refractivity contribution is 6.30. The summed E-state index contributed by atoms with van der Waals surface area (Å²) in [4.78, 5) is 28.1. The fourth-order valence-electron chi connectivity index (χ4n) is 3.09. The van der Waals surface area contributed by atoms with Crippen LogP contribution in [0.1, 0.15) is 25.3 Å². The van der Waals surface area contributed by atoms with Crippen LogP contribution in [-0.4, -0.2) is 40.2 Å². The van der Waals surface area contributed by atoms with Crippen LogP contribution >= 0.6 is 11.6 Å². The molecule has 2 fully saturated rings. The first kappa shape index (κ1) is 14.3. The molecule has 4 nitrogen and oxygen atoms in total. The molecular formula is C15H16ClFN2O2. The Morgan fingerprint density at radius 2 is 2.10 bits per heavy atom. The summed E-state index contributed by atoms with van der Waals surface area (Å²) < 4.78 is 13.2. The molecule has 1 aromatic carbocycles. The van der Waals surface area contributed by atoms with Gasteiger partial charge in [0.15, 0.2) is 0 Å². The quantitative estimate of drug-likeness (QED) is 0.840. The Morgan fingerprint density at radius 1 is 1.33 bits per heavy atom. The fourth-order valence-corrected chi connectivity index (χ4v) is 3.30. The van der Waals surface area contributed by atoms with E-state index in [0.29, 0.717) is 6.54 Å². The number of hydrogen-bond donors (Lipinski definition) is 0. The van der Waals surface area contributed by atoms with Gasteiger partial charge in [0.1, 0.15) is 17.9 Å². The summed E-state index contributed by atoms with van der Waals surface area (Å²) >= 11 is 5.77. The molecular weight excluding hydrogens is 295 g/mol. The van der Waals surface area contributed by atoms with Crippen LogP contribution in [0.3, 0.4) is 0 Å². The van der Waals surface area contributed by atoms with Gasteiger partial charge in [0, 0.05) is 13.1 Å². The Bertz CT molecular complexity index is 607. The second-order valence-electron chi connectivity index (χ2n) is 5.58. The molecule has 2 atom stereocenters. The molecule has 0 aromatic heterocycles. The van der Waals surface area contributed by atoms with Gasteiger partial charge in [-0.3, -0.25) is 9.59 Å². The Morgan fingerprint density at radius 3 is 2.81 bits per heavy atom. The lowest BCUT2D eigenvalue weighted by Gasteiger charge is -2.41. The van der Waals surface area contributed by atoms with E-state index in [1.165, 1.54) is 12.1 Å². The van der Waals surface area contributed by atoms with Crippen molar-refractivity contribution in [2.75, 3.05) is 6.54 Å². The number of hydrogen-bond acceptors (Lipinski definition) is 2. The van der Waals surface area contributed by atoms with Crippen molar-refractivity contribution in [1.29, 1.82) is 0 Å². The normalized spacial score (nSPS) is 25.5. The van der Waals surface area contributed by atoms with Gasteiger partial charge in [0.2, 0.25) is 11.8 Å². The summed E-state index contributed by atoms with van der Waals surface area (Å²) in [5.74, 6) is -0.526. The van der Waals surface area contributed by atoms with E-state index in [1.807, 2.05) is 0 Å². The molecule has 2 heterocycles. The lowest BCUT2D eigenvalue weighted by atomic mass is 10.0. The minimum atomic E-state index is -0.490. The second-order valence-corrected chi connectivity index (χ2v) is 5.99. The summed E-state index contributed by atoms with van der Waals surface area (Å²) in [6.45, 7) is 2.67. The Hall–Kier alpha value is -1.62. The van der Waals surface area contributed by atoms with Crippen LogP contribution in [0.25, 0.3) is 0 Å². The van der Waals surface area contributed by atoms with Gasteiger partial charge < -0.3 is 9.80 Å². The monoisotopic (exact) mass is 310 g/mol. The van der Waals surface area contributed by atoms with E-state index in [-0.39, 0.29) is 29.4 Å².